The van der Waals surface area contributed by atoms with Crippen molar-refractivity contribution in [2.75, 3.05) is 5.32 Å². The number of benzene rings is 1. The van der Waals surface area contributed by atoms with Gasteiger partial charge in [-0.25, -0.2) is 9.59 Å². The molecule has 0 saturated carbocycles. The van der Waals surface area contributed by atoms with E-state index in [9.17, 15) is 9.59 Å². The maximum Gasteiger partial charge on any atom is 0.335 e. The fraction of sp³-hybridized carbons (Fsp3) is 0.333. The zero-order chi connectivity index (χ0) is 13.9. The Morgan fingerprint density at radius 3 is 2.28 bits per heavy atom. The molecule has 0 bridgehead atoms. The zero-order valence-corrected chi connectivity index (χ0v) is 10.7. The van der Waals surface area contributed by atoms with Crippen molar-refractivity contribution < 1.29 is 19.8 Å². The molecule has 1 aromatic carbocycles. The first-order valence-corrected chi connectivity index (χ1v) is 5.73. The van der Waals surface area contributed by atoms with Gasteiger partial charge in [-0.2, -0.15) is 0 Å². The lowest BCUT2D eigenvalue weighted by Gasteiger charge is -2.20. The van der Waals surface area contributed by atoms with Gasteiger partial charge in [-0.1, -0.05) is 25.4 Å². The van der Waals surface area contributed by atoms with Crippen LogP contribution in [0.3, 0.4) is 0 Å². The van der Waals surface area contributed by atoms with Crippen molar-refractivity contribution in [3.63, 3.8) is 0 Å². The molecule has 3 N–H and O–H groups in total. The summed E-state index contributed by atoms with van der Waals surface area (Å²) in [6.07, 6.45) is 0. The predicted molar refractivity (Wildman–Crippen MR) is 68.3 cm³/mol. The summed E-state index contributed by atoms with van der Waals surface area (Å²) >= 11 is 5.91. The van der Waals surface area contributed by atoms with Crippen LogP contribution in [0.4, 0.5) is 5.69 Å². The first kappa shape index (κ1) is 14.3. The summed E-state index contributed by atoms with van der Waals surface area (Å²) in [5.41, 5.74) is 0.463. The fourth-order valence-corrected chi connectivity index (χ4v) is 1.68. The average Bonchev–Trinajstić information content (AvgIpc) is 2.25. The molecule has 98 valence electrons. The van der Waals surface area contributed by atoms with E-state index >= 15 is 0 Å². The van der Waals surface area contributed by atoms with Crippen LogP contribution in [0.25, 0.3) is 0 Å². The third-order valence-corrected chi connectivity index (χ3v) is 2.77. The Kier molecular flexibility index (Phi) is 4.55. The number of aliphatic carboxylic acids is 1. The summed E-state index contributed by atoms with van der Waals surface area (Å²) in [6.45, 7) is 3.54. The van der Waals surface area contributed by atoms with Gasteiger partial charge in [0, 0.05) is 0 Å². The maximum absolute atomic E-state index is 11.0. The Morgan fingerprint density at radius 1 is 1.28 bits per heavy atom. The summed E-state index contributed by atoms with van der Waals surface area (Å²) in [7, 11) is 0. The monoisotopic (exact) mass is 271 g/mol. The van der Waals surface area contributed by atoms with Gasteiger partial charge in [0.15, 0.2) is 0 Å². The number of hydrogen-bond donors (Lipinski definition) is 3. The Labute approximate surface area is 109 Å². The molecule has 0 aromatic heterocycles. The summed E-state index contributed by atoms with van der Waals surface area (Å²) in [5.74, 6) is -2.19. The Hall–Kier alpha value is -1.75. The van der Waals surface area contributed by atoms with Crippen molar-refractivity contribution in [1.82, 2.24) is 0 Å². The van der Waals surface area contributed by atoms with Crippen molar-refractivity contribution in [3.8, 4) is 0 Å². The van der Waals surface area contributed by atoms with Crippen LogP contribution < -0.4 is 5.32 Å². The second-order valence-electron chi connectivity index (χ2n) is 4.20. The van der Waals surface area contributed by atoms with E-state index in [0.717, 1.165) is 0 Å². The molecule has 1 atom stereocenters. The van der Waals surface area contributed by atoms with E-state index < -0.39 is 18.0 Å². The molecule has 6 heteroatoms. The van der Waals surface area contributed by atoms with Gasteiger partial charge in [0.1, 0.15) is 6.04 Å². The van der Waals surface area contributed by atoms with E-state index in [1.807, 2.05) is 0 Å². The lowest BCUT2D eigenvalue weighted by molar-refractivity contribution is -0.138. The SMILES string of the molecule is CC(C)[C@@H](Nc1ccc(C(=O)O)cc1Cl)C(=O)O. The van der Waals surface area contributed by atoms with Crippen LogP contribution in [-0.4, -0.2) is 28.2 Å². The number of hydrogen-bond acceptors (Lipinski definition) is 3. The Bertz CT molecular complexity index is 473. The molecule has 1 aromatic rings. The highest BCUT2D eigenvalue weighted by atomic mass is 35.5. The first-order valence-electron chi connectivity index (χ1n) is 5.35. The number of aromatic carboxylic acids is 1. The lowest BCUT2D eigenvalue weighted by Crippen LogP contribution is -2.34. The first-order chi connectivity index (χ1) is 8.32. The second-order valence-corrected chi connectivity index (χ2v) is 4.61. The number of anilines is 1. The minimum atomic E-state index is -1.08. The normalized spacial score (nSPS) is 12.2. The Morgan fingerprint density at radius 2 is 1.89 bits per heavy atom. The van der Waals surface area contributed by atoms with E-state index in [1.165, 1.54) is 18.2 Å². The average molecular weight is 272 g/mol. The molecule has 0 unspecified atom stereocenters. The van der Waals surface area contributed by atoms with Crippen LogP contribution in [0.2, 0.25) is 5.02 Å². The molecule has 18 heavy (non-hydrogen) atoms. The number of nitrogens with one attached hydrogen (secondary N) is 1. The van der Waals surface area contributed by atoms with Crippen molar-refractivity contribution in [2.24, 2.45) is 5.92 Å². The molecular weight excluding hydrogens is 258 g/mol. The van der Waals surface area contributed by atoms with Crippen LogP contribution >= 0.6 is 11.6 Å². The van der Waals surface area contributed by atoms with Crippen molar-refractivity contribution in [2.45, 2.75) is 19.9 Å². The molecule has 0 spiro atoms. The quantitative estimate of drug-likeness (QED) is 0.766. The lowest BCUT2D eigenvalue weighted by atomic mass is 10.0. The standard InChI is InChI=1S/C12H14ClNO4/c1-6(2)10(12(17)18)14-9-4-3-7(11(15)16)5-8(9)13/h3-6,10,14H,1-2H3,(H,15,16)(H,17,18)/t10-/m1/s1. The Balaban J connectivity index is 2.97. The third-order valence-electron chi connectivity index (χ3n) is 2.46. The largest absolute Gasteiger partial charge is 0.480 e. The summed E-state index contributed by atoms with van der Waals surface area (Å²) in [6, 6.07) is 3.34. The van der Waals surface area contributed by atoms with E-state index in [-0.39, 0.29) is 16.5 Å². The molecule has 0 amide bonds. The van der Waals surface area contributed by atoms with E-state index in [4.69, 9.17) is 21.8 Å². The molecular formula is C12H14ClNO4. The van der Waals surface area contributed by atoms with E-state index in [2.05, 4.69) is 5.32 Å². The number of rotatable bonds is 5. The fourth-order valence-electron chi connectivity index (χ4n) is 1.45. The van der Waals surface area contributed by atoms with E-state index in [1.54, 1.807) is 13.8 Å². The van der Waals surface area contributed by atoms with Gasteiger partial charge < -0.3 is 15.5 Å². The minimum absolute atomic E-state index is 0.0574. The summed E-state index contributed by atoms with van der Waals surface area (Å²) in [4.78, 5) is 21.8. The number of carbonyl (C=O) groups is 2. The highest BCUT2D eigenvalue weighted by Crippen LogP contribution is 2.25. The molecule has 0 heterocycles. The van der Waals surface area contributed by atoms with Crippen LogP contribution in [0, 0.1) is 5.92 Å². The van der Waals surface area contributed by atoms with Gasteiger partial charge in [0.05, 0.1) is 16.3 Å². The minimum Gasteiger partial charge on any atom is -0.480 e. The molecule has 0 radical (unpaired) electrons. The van der Waals surface area contributed by atoms with Gasteiger partial charge in [-0.15, -0.1) is 0 Å². The number of halogens is 1. The molecule has 1 rings (SSSR count). The zero-order valence-electron chi connectivity index (χ0n) is 9.98. The van der Waals surface area contributed by atoms with Crippen molar-refractivity contribution in [1.29, 1.82) is 0 Å². The van der Waals surface area contributed by atoms with E-state index in [0.29, 0.717) is 5.69 Å². The highest BCUT2D eigenvalue weighted by molar-refractivity contribution is 6.33. The molecule has 0 saturated heterocycles. The van der Waals surface area contributed by atoms with Crippen molar-refractivity contribution >= 4 is 29.2 Å². The second kappa shape index (κ2) is 5.73. The third kappa shape index (κ3) is 3.37. The summed E-state index contributed by atoms with van der Waals surface area (Å²) in [5, 5.41) is 20.8. The molecule has 0 aliphatic heterocycles. The highest BCUT2D eigenvalue weighted by Gasteiger charge is 2.22. The summed E-state index contributed by atoms with van der Waals surface area (Å²) < 4.78 is 0. The van der Waals surface area contributed by atoms with Gasteiger partial charge in [0.25, 0.3) is 0 Å². The van der Waals surface area contributed by atoms with Crippen LogP contribution in [-0.2, 0) is 4.79 Å². The maximum atomic E-state index is 11.0. The van der Waals surface area contributed by atoms with Crippen molar-refractivity contribution in [3.05, 3.63) is 28.8 Å². The van der Waals surface area contributed by atoms with Gasteiger partial charge in [-0.3, -0.25) is 0 Å². The molecule has 0 aliphatic rings. The molecule has 5 nitrogen and oxygen atoms in total. The van der Waals surface area contributed by atoms with Crippen LogP contribution in [0.15, 0.2) is 18.2 Å². The topological polar surface area (TPSA) is 86.6 Å². The molecule has 0 aliphatic carbocycles. The van der Waals surface area contributed by atoms with Gasteiger partial charge >= 0.3 is 11.9 Å². The smallest absolute Gasteiger partial charge is 0.335 e. The van der Waals surface area contributed by atoms with Crippen LogP contribution in [0.1, 0.15) is 24.2 Å². The predicted octanol–water partition coefficient (Wildman–Crippen LogP) is 2.56. The van der Waals surface area contributed by atoms with Crippen LogP contribution in [0.5, 0.6) is 0 Å². The number of carboxylic acid groups (broad SMARTS) is 2. The van der Waals surface area contributed by atoms with Gasteiger partial charge in [-0.05, 0) is 24.1 Å². The van der Waals surface area contributed by atoms with Gasteiger partial charge in [0.2, 0.25) is 0 Å². The number of carboxylic acids is 2. The molecule has 0 fully saturated rings.